The Labute approximate surface area is 144 Å². The highest BCUT2D eigenvalue weighted by Gasteiger charge is 2.18. The highest BCUT2D eigenvalue weighted by molar-refractivity contribution is 5.99. The molecule has 0 bridgehead atoms. The van der Waals surface area contributed by atoms with Crippen molar-refractivity contribution in [2.24, 2.45) is 0 Å². The summed E-state index contributed by atoms with van der Waals surface area (Å²) >= 11 is 0. The summed E-state index contributed by atoms with van der Waals surface area (Å²) in [4.78, 5) is 24.5. The zero-order valence-electron chi connectivity index (χ0n) is 13.9. The number of carbonyl (C=O) groups is 1. The molecule has 0 aliphatic heterocycles. The molecule has 25 heavy (non-hydrogen) atoms. The van der Waals surface area contributed by atoms with E-state index in [1.54, 1.807) is 19.1 Å². The number of amides is 1. The van der Waals surface area contributed by atoms with Crippen molar-refractivity contribution in [1.29, 1.82) is 0 Å². The number of hydrogen-bond donors (Lipinski definition) is 2. The molecule has 1 atom stereocenters. The lowest BCUT2D eigenvalue weighted by atomic mass is 10.0. The minimum absolute atomic E-state index is 0.00732. The summed E-state index contributed by atoms with van der Waals surface area (Å²) in [7, 11) is 0. The fraction of sp³-hybridized carbons (Fsp3) is 0.200. The van der Waals surface area contributed by atoms with Gasteiger partial charge in [0.2, 0.25) is 0 Å². The number of benzene rings is 2. The van der Waals surface area contributed by atoms with Gasteiger partial charge in [-0.2, -0.15) is 0 Å². The number of fused-ring (bicyclic) bond motifs is 1. The van der Waals surface area contributed by atoms with Crippen molar-refractivity contribution in [1.82, 2.24) is 5.32 Å². The van der Waals surface area contributed by atoms with Crippen molar-refractivity contribution in [3.8, 4) is 0 Å². The van der Waals surface area contributed by atoms with Crippen molar-refractivity contribution in [2.45, 2.75) is 19.4 Å². The number of aryl methyl sites for hydroxylation is 1. The lowest BCUT2D eigenvalue weighted by Gasteiger charge is -2.12. The van der Waals surface area contributed by atoms with Gasteiger partial charge < -0.3 is 14.8 Å². The molecule has 1 unspecified atom stereocenters. The highest BCUT2D eigenvalue weighted by Crippen LogP contribution is 2.19. The number of para-hydroxylation sites is 1. The maximum atomic E-state index is 12.4. The van der Waals surface area contributed by atoms with Crippen LogP contribution in [0.5, 0.6) is 0 Å². The van der Waals surface area contributed by atoms with Crippen molar-refractivity contribution in [3.63, 3.8) is 0 Å². The molecule has 0 saturated heterocycles. The summed E-state index contributed by atoms with van der Waals surface area (Å²) in [6, 6.07) is 16.3. The van der Waals surface area contributed by atoms with Crippen molar-refractivity contribution < 1.29 is 14.3 Å². The quantitative estimate of drug-likeness (QED) is 0.702. The monoisotopic (exact) mass is 337 g/mol. The number of aliphatic hydroxyl groups is 1. The molecule has 0 aliphatic carbocycles. The van der Waals surface area contributed by atoms with E-state index in [1.165, 1.54) is 0 Å². The smallest absolute Gasteiger partial charge is 0.349 e. The fourth-order valence-corrected chi connectivity index (χ4v) is 2.82. The van der Waals surface area contributed by atoms with Crippen molar-refractivity contribution >= 4 is 16.9 Å². The minimum atomic E-state index is -0.671. The molecule has 1 aromatic heterocycles. The summed E-state index contributed by atoms with van der Waals surface area (Å²) in [5, 5.41) is 13.5. The van der Waals surface area contributed by atoms with Crippen LogP contribution in [0.1, 0.15) is 34.0 Å². The predicted octanol–water partition coefficient (Wildman–Crippen LogP) is 2.95. The van der Waals surface area contributed by atoms with Gasteiger partial charge >= 0.3 is 5.63 Å². The molecule has 3 aromatic rings. The predicted molar refractivity (Wildman–Crippen MR) is 95.6 cm³/mol. The van der Waals surface area contributed by atoms with E-state index in [0.29, 0.717) is 17.6 Å². The number of carbonyl (C=O) groups excluding carboxylic acids is 1. The Kier molecular flexibility index (Phi) is 4.95. The molecule has 3 rings (SSSR count). The highest BCUT2D eigenvalue weighted by atomic mass is 16.4. The second-order valence-electron chi connectivity index (χ2n) is 5.86. The summed E-state index contributed by atoms with van der Waals surface area (Å²) in [5.74, 6) is -0.489. The Bertz CT molecular complexity index is 947. The molecule has 0 aliphatic rings. The molecule has 0 spiro atoms. The first-order chi connectivity index (χ1) is 12.1. The summed E-state index contributed by atoms with van der Waals surface area (Å²) in [5.41, 5.74) is 1.19. The minimum Gasteiger partial charge on any atom is -0.422 e. The first-order valence-electron chi connectivity index (χ1n) is 8.11. The summed E-state index contributed by atoms with van der Waals surface area (Å²) < 4.78 is 5.23. The number of hydrogen-bond acceptors (Lipinski definition) is 4. The van der Waals surface area contributed by atoms with E-state index >= 15 is 0 Å². The van der Waals surface area contributed by atoms with Gasteiger partial charge in [-0.05, 0) is 30.5 Å². The Morgan fingerprint density at radius 2 is 1.80 bits per heavy atom. The van der Waals surface area contributed by atoms with Crippen LogP contribution >= 0.6 is 0 Å². The second kappa shape index (κ2) is 7.32. The average molecular weight is 337 g/mol. The molecule has 2 N–H and O–H groups in total. The van der Waals surface area contributed by atoms with Crippen LogP contribution in [0.25, 0.3) is 11.0 Å². The third-order valence-corrected chi connectivity index (χ3v) is 4.19. The maximum absolute atomic E-state index is 12.4. The van der Waals surface area contributed by atoms with Gasteiger partial charge in [0.25, 0.3) is 5.91 Å². The van der Waals surface area contributed by atoms with Crippen LogP contribution in [0.15, 0.2) is 63.8 Å². The lowest BCUT2D eigenvalue weighted by molar-refractivity contribution is 0.0938. The van der Waals surface area contributed by atoms with Gasteiger partial charge in [0.15, 0.2) is 0 Å². The van der Waals surface area contributed by atoms with Crippen molar-refractivity contribution in [2.75, 3.05) is 6.54 Å². The van der Waals surface area contributed by atoms with E-state index in [-0.39, 0.29) is 12.1 Å². The van der Waals surface area contributed by atoms with Crippen LogP contribution < -0.4 is 10.9 Å². The molecule has 1 amide bonds. The zero-order valence-corrected chi connectivity index (χ0v) is 13.9. The van der Waals surface area contributed by atoms with Crippen LogP contribution in [0, 0.1) is 6.92 Å². The van der Waals surface area contributed by atoms with E-state index < -0.39 is 17.6 Å². The molecule has 128 valence electrons. The Morgan fingerprint density at radius 3 is 2.56 bits per heavy atom. The Morgan fingerprint density at radius 1 is 1.12 bits per heavy atom. The molecule has 5 nitrogen and oxygen atoms in total. The SMILES string of the molecule is Cc1c(C(=O)NCCC(O)c2ccccc2)c(=O)oc2ccccc12. The van der Waals surface area contributed by atoms with Crippen LogP contribution in [0.2, 0.25) is 0 Å². The maximum Gasteiger partial charge on any atom is 0.349 e. The average Bonchev–Trinajstić information content (AvgIpc) is 2.62. The molecule has 0 fully saturated rings. The van der Waals surface area contributed by atoms with Crippen LogP contribution in [0.3, 0.4) is 0 Å². The van der Waals surface area contributed by atoms with Gasteiger partial charge in [0.1, 0.15) is 11.1 Å². The van der Waals surface area contributed by atoms with E-state index in [9.17, 15) is 14.7 Å². The zero-order chi connectivity index (χ0) is 17.8. The third kappa shape index (κ3) is 3.61. The van der Waals surface area contributed by atoms with E-state index in [1.807, 2.05) is 42.5 Å². The number of rotatable bonds is 5. The second-order valence-corrected chi connectivity index (χ2v) is 5.86. The first kappa shape index (κ1) is 16.9. The van der Waals surface area contributed by atoms with Gasteiger partial charge in [-0.3, -0.25) is 4.79 Å². The molecule has 0 radical (unpaired) electrons. The van der Waals surface area contributed by atoms with Gasteiger partial charge in [-0.1, -0.05) is 48.5 Å². The Hall–Kier alpha value is -2.92. The molecule has 1 heterocycles. The van der Waals surface area contributed by atoms with Gasteiger partial charge in [0.05, 0.1) is 6.10 Å². The van der Waals surface area contributed by atoms with E-state index in [2.05, 4.69) is 5.32 Å². The topological polar surface area (TPSA) is 79.5 Å². The Balaban J connectivity index is 1.72. The van der Waals surface area contributed by atoms with E-state index in [4.69, 9.17) is 4.42 Å². The first-order valence-corrected chi connectivity index (χ1v) is 8.11. The largest absolute Gasteiger partial charge is 0.422 e. The molecule has 0 saturated carbocycles. The van der Waals surface area contributed by atoms with Crippen LogP contribution in [0.4, 0.5) is 0 Å². The molecular weight excluding hydrogens is 318 g/mol. The molecular formula is C20H19NO4. The van der Waals surface area contributed by atoms with E-state index in [0.717, 1.165) is 10.9 Å². The van der Waals surface area contributed by atoms with Crippen LogP contribution in [-0.2, 0) is 0 Å². The number of aliphatic hydroxyl groups excluding tert-OH is 1. The fourth-order valence-electron chi connectivity index (χ4n) is 2.82. The van der Waals surface area contributed by atoms with Gasteiger partial charge in [-0.25, -0.2) is 4.79 Å². The number of nitrogens with one attached hydrogen (secondary N) is 1. The molecule has 2 aromatic carbocycles. The van der Waals surface area contributed by atoms with Gasteiger partial charge in [0, 0.05) is 11.9 Å². The van der Waals surface area contributed by atoms with Crippen molar-refractivity contribution in [3.05, 3.63) is 81.7 Å². The van der Waals surface area contributed by atoms with Gasteiger partial charge in [-0.15, -0.1) is 0 Å². The third-order valence-electron chi connectivity index (χ3n) is 4.19. The standard InChI is InChI=1S/C20H19NO4/c1-13-15-9-5-6-10-17(15)25-20(24)18(13)19(23)21-12-11-16(22)14-7-3-2-4-8-14/h2-10,16,22H,11-12H2,1H3,(H,21,23). The normalized spacial score (nSPS) is 12.1. The van der Waals surface area contributed by atoms with Crippen LogP contribution in [-0.4, -0.2) is 17.6 Å². The lowest BCUT2D eigenvalue weighted by Crippen LogP contribution is -2.30. The summed E-state index contributed by atoms with van der Waals surface area (Å²) in [6.45, 7) is 1.98. The molecule has 5 heteroatoms. The summed E-state index contributed by atoms with van der Waals surface area (Å²) in [6.07, 6.45) is -0.316.